The van der Waals surface area contributed by atoms with Crippen LogP contribution in [-0.4, -0.2) is 3.71 Å². The van der Waals surface area contributed by atoms with Gasteiger partial charge in [-0.2, -0.15) is 11.6 Å². The van der Waals surface area contributed by atoms with Gasteiger partial charge in [0, 0.05) is 0 Å². The minimum atomic E-state index is 0.294. The summed E-state index contributed by atoms with van der Waals surface area (Å²) in [4.78, 5) is 0. The van der Waals surface area contributed by atoms with Crippen LogP contribution < -0.4 is 0 Å². The first-order valence-corrected chi connectivity index (χ1v) is 15.1. The monoisotopic (exact) mass is 572 g/mol. The normalized spacial score (nSPS) is 14.9. The molecule has 1 heteroatoms. The molecular weight excluding hydrogens is 536 g/mol. The van der Waals surface area contributed by atoms with Crippen molar-refractivity contribution < 1.29 is 24.2 Å². The first-order chi connectivity index (χ1) is 18.4. The summed E-state index contributed by atoms with van der Waals surface area (Å²) in [5, 5.41) is 8.08. The van der Waals surface area contributed by atoms with Crippen LogP contribution in [0.2, 0.25) is 0 Å². The average Bonchev–Trinajstić information content (AvgIpc) is 3.55. The summed E-state index contributed by atoms with van der Waals surface area (Å²) >= 11 is 1.46. The molecule has 0 heterocycles. The van der Waals surface area contributed by atoms with E-state index >= 15 is 0 Å². The predicted molar refractivity (Wildman–Crippen MR) is 165 cm³/mol. The van der Waals surface area contributed by atoms with Crippen LogP contribution in [0.5, 0.6) is 0 Å². The van der Waals surface area contributed by atoms with Crippen molar-refractivity contribution in [2.75, 3.05) is 0 Å². The molecule has 0 aliphatic heterocycles. The fourth-order valence-corrected chi connectivity index (χ4v) is 5.76. The summed E-state index contributed by atoms with van der Waals surface area (Å²) in [5.74, 6) is 0.573. The van der Waals surface area contributed by atoms with E-state index in [1.54, 1.807) is 0 Å². The van der Waals surface area contributed by atoms with Gasteiger partial charge in [0.15, 0.2) is 0 Å². The minimum Gasteiger partial charge on any atom is -0.126 e. The summed E-state index contributed by atoms with van der Waals surface area (Å²) in [6, 6.07) is 34.2. The van der Waals surface area contributed by atoms with Gasteiger partial charge in [0.05, 0.1) is 0 Å². The quantitative estimate of drug-likeness (QED) is 0.188. The molecule has 0 aromatic heterocycles. The van der Waals surface area contributed by atoms with Crippen molar-refractivity contribution in [3.8, 4) is 0 Å². The molecule has 0 saturated heterocycles. The first-order valence-electron chi connectivity index (χ1n) is 13.7. The van der Waals surface area contributed by atoms with Crippen LogP contribution in [0, 0.1) is 17.4 Å². The van der Waals surface area contributed by atoms with Crippen molar-refractivity contribution in [1.29, 1.82) is 0 Å². The molecular formula is C37H38Zr. The smallest absolute Gasteiger partial charge is 0.0771 e. The maximum absolute atomic E-state index is 3.57. The van der Waals surface area contributed by atoms with E-state index in [-0.39, 0.29) is 0 Å². The molecule has 0 bridgehead atoms. The van der Waals surface area contributed by atoms with Crippen LogP contribution in [0.3, 0.4) is 0 Å². The summed E-state index contributed by atoms with van der Waals surface area (Å²) in [6.07, 6.45) is 8.28. The van der Waals surface area contributed by atoms with Crippen molar-refractivity contribution in [2.45, 2.75) is 47.5 Å². The van der Waals surface area contributed by atoms with Gasteiger partial charge in [-0.1, -0.05) is 95.2 Å². The number of fused-ring (bicyclic) bond motifs is 4. The average molecular weight is 574 g/mol. The molecule has 5 aromatic rings. The van der Waals surface area contributed by atoms with Gasteiger partial charge in [0.2, 0.25) is 0 Å². The van der Waals surface area contributed by atoms with Crippen LogP contribution >= 0.6 is 0 Å². The Morgan fingerprint density at radius 3 is 1.84 bits per heavy atom. The van der Waals surface area contributed by atoms with Crippen LogP contribution in [0.25, 0.3) is 32.3 Å². The molecule has 6 rings (SSSR count). The molecule has 1 aliphatic rings. The Morgan fingerprint density at radius 1 is 0.763 bits per heavy atom. The second-order valence-electron chi connectivity index (χ2n) is 10.9. The zero-order valence-corrected chi connectivity index (χ0v) is 25.8. The Labute approximate surface area is 243 Å². The molecule has 0 radical (unpaired) electrons. The van der Waals surface area contributed by atoms with Gasteiger partial charge in [-0.25, -0.2) is 5.57 Å². The van der Waals surface area contributed by atoms with Crippen molar-refractivity contribution in [1.82, 2.24) is 0 Å². The van der Waals surface area contributed by atoms with E-state index in [1.807, 2.05) is 0 Å². The van der Waals surface area contributed by atoms with Gasteiger partial charge < -0.3 is 0 Å². The van der Waals surface area contributed by atoms with E-state index in [1.165, 1.54) is 79.7 Å². The second kappa shape index (κ2) is 12.9. The van der Waals surface area contributed by atoms with Crippen molar-refractivity contribution in [2.24, 2.45) is 11.3 Å². The summed E-state index contributed by atoms with van der Waals surface area (Å²) in [5.41, 5.74) is 4.61. The van der Waals surface area contributed by atoms with E-state index in [0.29, 0.717) is 11.3 Å². The van der Waals surface area contributed by atoms with Gasteiger partial charge in [0.25, 0.3) is 0 Å². The van der Waals surface area contributed by atoms with Crippen LogP contribution in [-0.2, 0) is 24.2 Å². The third-order valence-electron chi connectivity index (χ3n) is 7.16. The largest absolute Gasteiger partial charge is 0.126 e. The number of benzene rings is 4. The topological polar surface area (TPSA) is 0 Å². The minimum absolute atomic E-state index is 0.294. The van der Waals surface area contributed by atoms with E-state index in [0.717, 1.165) is 6.42 Å². The van der Waals surface area contributed by atoms with Crippen LogP contribution in [0.15, 0.2) is 114 Å². The molecule has 190 valence electrons. The van der Waals surface area contributed by atoms with Crippen LogP contribution in [0.4, 0.5) is 0 Å². The molecule has 0 spiro atoms. The molecule has 1 unspecified atom stereocenters. The Hall–Kier alpha value is -2.76. The fourth-order valence-electron chi connectivity index (χ4n) is 5.14. The number of hydrogen-bond acceptors (Lipinski definition) is 0. The van der Waals surface area contributed by atoms with E-state index in [9.17, 15) is 0 Å². The van der Waals surface area contributed by atoms with Gasteiger partial charge in [-0.05, 0) is 0 Å². The Bertz CT molecular complexity index is 1530. The standard InChI is InChI=1S/C13H9.C13H21.C11H8.Zr/c1-3-7-12-10(5-1)9-11-6-2-4-8-13(11)12;1-6-10-8-11(7-2)12(9-10)13(3,4)5;1-9-5-4-7-10-6-2-3-8-11(9)10;/h1-9H;9-10H,6-7H2,1-5H3;1-8H;/q2*-1;;+2. The Morgan fingerprint density at radius 2 is 1.32 bits per heavy atom. The van der Waals surface area contributed by atoms with Crippen molar-refractivity contribution in [3.63, 3.8) is 0 Å². The van der Waals surface area contributed by atoms with E-state index in [4.69, 9.17) is 0 Å². The maximum atomic E-state index is 3.57. The molecule has 38 heavy (non-hydrogen) atoms. The molecule has 0 saturated carbocycles. The van der Waals surface area contributed by atoms with Crippen molar-refractivity contribution in [3.05, 3.63) is 126 Å². The summed E-state index contributed by atoms with van der Waals surface area (Å²) in [7, 11) is 0. The van der Waals surface area contributed by atoms with Crippen molar-refractivity contribution >= 4 is 36.0 Å². The van der Waals surface area contributed by atoms with Crippen LogP contribution in [0.1, 0.15) is 53.0 Å². The molecule has 0 N–H and O–H groups in total. The van der Waals surface area contributed by atoms with E-state index in [2.05, 4.69) is 148 Å². The van der Waals surface area contributed by atoms with Gasteiger partial charge in [-0.3, -0.25) is 6.08 Å². The Kier molecular flexibility index (Phi) is 9.56. The molecule has 1 atom stereocenters. The molecule has 5 aromatic carbocycles. The SMILES string of the molecule is CCC1=[C-]C(CC)C=C1C(C)(C)C.[Zr+2]=[CH]c1cccc2ccccc12.c1ccc2c(c1)[cH-]c1ccccc12. The third-order valence-corrected chi connectivity index (χ3v) is 7.92. The fraction of sp³-hybridized carbons (Fsp3) is 0.243. The van der Waals surface area contributed by atoms with E-state index < -0.39 is 0 Å². The maximum Gasteiger partial charge on any atom is -0.0771 e. The summed E-state index contributed by atoms with van der Waals surface area (Å²) in [6.45, 7) is 11.3. The number of hydrogen-bond donors (Lipinski definition) is 0. The third kappa shape index (κ3) is 6.62. The summed E-state index contributed by atoms with van der Waals surface area (Å²) < 4.78 is 2.23. The second-order valence-corrected chi connectivity index (χ2v) is 11.6. The number of rotatable bonds is 3. The zero-order chi connectivity index (χ0) is 27.1. The molecule has 1 aliphatic carbocycles. The number of allylic oxidation sites excluding steroid dienone is 4. The first kappa shape index (κ1) is 28.3. The molecule has 0 nitrogen and oxygen atoms in total. The van der Waals surface area contributed by atoms with Gasteiger partial charge >= 0.3 is 86.7 Å². The molecule has 0 fully saturated rings. The Balaban J connectivity index is 0.000000133. The molecule has 0 amide bonds. The zero-order valence-electron chi connectivity index (χ0n) is 23.4. The van der Waals surface area contributed by atoms with Gasteiger partial charge in [0.1, 0.15) is 0 Å². The van der Waals surface area contributed by atoms with Gasteiger partial charge in [-0.15, -0.1) is 39.7 Å². The predicted octanol–water partition coefficient (Wildman–Crippen LogP) is 10.4.